The second-order valence-electron chi connectivity index (χ2n) is 8.10. The molecular formula is C21H20F3N3O6S. The Morgan fingerprint density at radius 1 is 1.06 bits per heavy atom. The molecule has 1 fully saturated rings. The first-order valence-corrected chi connectivity index (χ1v) is 11.7. The number of rotatable bonds is 5. The molecule has 1 aromatic heterocycles. The van der Waals surface area contributed by atoms with E-state index in [4.69, 9.17) is 0 Å². The Hall–Kier alpha value is -3.19. The van der Waals surface area contributed by atoms with Gasteiger partial charge in [-0.2, -0.15) is 17.5 Å². The van der Waals surface area contributed by atoms with Crippen molar-refractivity contribution < 1.29 is 41.4 Å². The molecule has 2 N–H and O–H groups in total. The van der Waals surface area contributed by atoms with Gasteiger partial charge in [0.1, 0.15) is 11.9 Å². The minimum Gasteiger partial charge on any atom is -0.481 e. The van der Waals surface area contributed by atoms with Gasteiger partial charge in [-0.05, 0) is 48.2 Å². The fourth-order valence-corrected chi connectivity index (χ4v) is 5.81. The van der Waals surface area contributed by atoms with Crippen LogP contribution in [0, 0.1) is 0 Å². The molecule has 2 aromatic rings. The van der Waals surface area contributed by atoms with E-state index in [0.717, 1.165) is 22.0 Å². The summed E-state index contributed by atoms with van der Waals surface area (Å²) in [7, 11) is -4.15. The molecule has 0 saturated carbocycles. The Morgan fingerprint density at radius 3 is 2.38 bits per heavy atom. The Labute approximate surface area is 192 Å². The quantitative estimate of drug-likeness (QED) is 0.641. The van der Waals surface area contributed by atoms with Gasteiger partial charge in [-0.1, -0.05) is 6.07 Å². The summed E-state index contributed by atoms with van der Waals surface area (Å²) in [5.41, 5.74) is 0.199. The maximum absolute atomic E-state index is 13.3. The van der Waals surface area contributed by atoms with Gasteiger partial charge in [-0.25, -0.2) is 18.2 Å². The van der Waals surface area contributed by atoms with Crippen molar-refractivity contribution in [1.82, 2.24) is 9.29 Å². The molecule has 182 valence electrons. The van der Waals surface area contributed by atoms with Crippen molar-refractivity contribution in [2.24, 2.45) is 0 Å². The van der Waals surface area contributed by atoms with Gasteiger partial charge in [-0.3, -0.25) is 4.79 Å². The van der Waals surface area contributed by atoms with Crippen LogP contribution < -0.4 is 4.90 Å². The van der Waals surface area contributed by atoms with E-state index in [1.165, 1.54) is 17.0 Å². The lowest BCUT2D eigenvalue weighted by atomic mass is 10.0. The van der Waals surface area contributed by atoms with E-state index in [-0.39, 0.29) is 23.8 Å². The zero-order valence-electron chi connectivity index (χ0n) is 17.6. The third-order valence-corrected chi connectivity index (χ3v) is 7.99. The number of benzene rings is 1. The van der Waals surface area contributed by atoms with Crippen molar-refractivity contribution in [2.45, 2.75) is 35.9 Å². The number of hydrogen-bond donors (Lipinski definition) is 2. The number of aryl methyl sites for hydroxylation is 1. The number of aliphatic carboxylic acids is 2. The fraction of sp³-hybridized carbons (Fsp3) is 0.381. The van der Waals surface area contributed by atoms with Crippen LogP contribution >= 0.6 is 0 Å². The smallest absolute Gasteiger partial charge is 0.417 e. The molecule has 4 rings (SSSR count). The molecule has 0 spiro atoms. The zero-order chi connectivity index (χ0) is 24.8. The van der Waals surface area contributed by atoms with Crippen molar-refractivity contribution in [2.75, 3.05) is 24.5 Å². The molecule has 2 aliphatic rings. The van der Waals surface area contributed by atoms with Crippen molar-refractivity contribution in [3.63, 3.8) is 0 Å². The van der Waals surface area contributed by atoms with Gasteiger partial charge in [-0.15, -0.1) is 0 Å². The van der Waals surface area contributed by atoms with Gasteiger partial charge >= 0.3 is 18.1 Å². The molecule has 34 heavy (non-hydrogen) atoms. The molecule has 2 atom stereocenters. The standard InChI is InChI=1S/C21H20F3N3O6S/c22-21(23,24)13-3-6-18(25-10-13)27-8-7-26(11-17(27)20(30)31)34(32,33)14-4-1-12-2-5-15(19(28)29)16(12)9-14/h1,3-4,6,9-10,15,17H,2,5,7-8,11H2,(H,28,29)(H,30,31)/t15?,17-/m1/s1. The summed E-state index contributed by atoms with van der Waals surface area (Å²) in [6.07, 6.45) is -3.11. The topological polar surface area (TPSA) is 128 Å². The van der Waals surface area contributed by atoms with E-state index < -0.39 is 52.2 Å². The lowest BCUT2D eigenvalue weighted by molar-refractivity contribution is -0.140. The first-order chi connectivity index (χ1) is 15.9. The summed E-state index contributed by atoms with van der Waals surface area (Å²) in [5, 5.41) is 19.1. The molecule has 0 bridgehead atoms. The normalized spacial score (nSPS) is 21.3. The number of carboxylic acids is 2. The molecule has 1 unspecified atom stereocenters. The Bertz CT molecular complexity index is 1230. The van der Waals surface area contributed by atoms with E-state index in [9.17, 15) is 41.4 Å². The van der Waals surface area contributed by atoms with Crippen LogP contribution in [0.15, 0.2) is 41.4 Å². The highest BCUT2D eigenvalue weighted by molar-refractivity contribution is 7.89. The summed E-state index contributed by atoms with van der Waals surface area (Å²) < 4.78 is 65.9. The lowest BCUT2D eigenvalue weighted by Gasteiger charge is -2.39. The van der Waals surface area contributed by atoms with E-state index >= 15 is 0 Å². The third-order valence-electron chi connectivity index (χ3n) is 6.13. The van der Waals surface area contributed by atoms with Crippen LogP contribution in [0.4, 0.5) is 19.0 Å². The van der Waals surface area contributed by atoms with Crippen LogP contribution in [0.2, 0.25) is 0 Å². The van der Waals surface area contributed by atoms with E-state index in [1.807, 2.05) is 0 Å². The summed E-state index contributed by atoms with van der Waals surface area (Å²) in [4.78, 5) is 28.2. The second kappa shape index (κ2) is 8.55. The van der Waals surface area contributed by atoms with E-state index in [2.05, 4.69) is 4.98 Å². The maximum Gasteiger partial charge on any atom is 0.417 e. The zero-order valence-corrected chi connectivity index (χ0v) is 18.4. The van der Waals surface area contributed by atoms with Crippen LogP contribution in [0.25, 0.3) is 0 Å². The number of halogens is 3. The predicted octanol–water partition coefficient (Wildman–Crippen LogP) is 2.18. The fourth-order valence-electron chi connectivity index (χ4n) is 4.33. The SMILES string of the molecule is O=C(O)C1CCc2ccc(S(=O)(=O)N3CCN(c4ccc(C(F)(F)F)cn4)[C@@H](C(=O)O)C3)cc21. The monoisotopic (exact) mass is 499 g/mol. The number of hydrogen-bond acceptors (Lipinski definition) is 6. The maximum atomic E-state index is 13.3. The first kappa shape index (κ1) is 24.0. The molecule has 1 aromatic carbocycles. The van der Waals surface area contributed by atoms with Gasteiger partial charge in [0, 0.05) is 25.8 Å². The number of alkyl halides is 3. The van der Waals surface area contributed by atoms with Crippen molar-refractivity contribution in [3.8, 4) is 0 Å². The van der Waals surface area contributed by atoms with Crippen LogP contribution in [0.5, 0.6) is 0 Å². The number of nitrogens with zero attached hydrogens (tertiary/aromatic N) is 3. The summed E-state index contributed by atoms with van der Waals surface area (Å²) >= 11 is 0. The predicted molar refractivity (Wildman–Crippen MR) is 112 cm³/mol. The number of carboxylic acid groups (broad SMARTS) is 2. The lowest BCUT2D eigenvalue weighted by Crippen LogP contribution is -2.58. The Balaban J connectivity index is 1.59. The van der Waals surface area contributed by atoms with Gasteiger partial charge in [0.15, 0.2) is 0 Å². The largest absolute Gasteiger partial charge is 0.481 e. The van der Waals surface area contributed by atoms with Crippen molar-refractivity contribution in [3.05, 3.63) is 53.2 Å². The van der Waals surface area contributed by atoms with Crippen molar-refractivity contribution in [1.29, 1.82) is 0 Å². The Morgan fingerprint density at radius 2 is 1.79 bits per heavy atom. The van der Waals surface area contributed by atoms with Crippen LogP contribution in [0.1, 0.15) is 29.0 Å². The Kier molecular flexibility index (Phi) is 6.02. The third kappa shape index (κ3) is 4.32. The highest BCUT2D eigenvalue weighted by atomic mass is 32.2. The number of piperazine rings is 1. The summed E-state index contributed by atoms with van der Waals surface area (Å²) in [6.45, 7) is -0.703. The number of carbonyl (C=O) groups is 2. The van der Waals surface area contributed by atoms with Crippen molar-refractivity contribution >= 4 is 27.8 Å². The minimum atomic E-state index is -4.60. The number of aromatic nitrogens is 1. The number of pyridine rings is 1. The van der Waals surface area contributed by atoms with E-state index in [0.29, 0.717) is 24.6 Å². The van der Waals surface area contributed by atoms with Gasteiger partial charge in [0.25, 0.3) is 0 Å². The summed E-state index contributed by atoms with van der Waals surface area (Å²) in [5.74, 6) is -3.22. The van der Waals surface area contributed by atoms with Crippen LogP contribution in [-0.4, -0.2) is 65.5 Å². The molecule has 13 heteroatoms. The summed E-state index contributed by atoms with van der Waals surface area (Å²) in [6, 6.07) is 4.73. The molecule has 1 aliphatic carbocycles. The van der Waals surface area contributed by atoms with Crippen LogP contribution in [0.3, 0.4) is 0 Å². The second-order valence-corrected chi connectivity index (χ2v) is 10.0. The molecule has 2 heterocycles. The average Bonchev–Trinajstić information content (AvgIpc) is 3.22. The highest BCUT2D eigenvalue weighted by Gasteiger charge is 2.40. The highest BCUT2D eigenvalue weighted by Crippen LogP contribution is 2.36. The van der Waals surface area contributed by atoms with Gasteiger partial charge < -0.3 is 15.1 Å². The number of sulfonamides is 1. The number of anilines is 1. The molecular weight excluding hydrogens is 479 g/mol. The molecule has 1 aliphatic heterocycles. The first-order valence-electron chi connectivity index (χ1n) is 10.3. The van der Waals surface area contributed by atoms with Gasteiger partial charge in [0.2, 0.25) is 10.0 Å². The molecule has 0 radical (unpaired) electrons. The minimum absolute atomic E-state index is 0.0146. The van der Waals surface area contributed by atoms with E-state index in [1.54, 1.807) is 6.07 Å². The molecule has 0 amide bonds. The average molecular weight is 499 g/mol. The number of fused-ring (bicyclic) bond motifs is 1. The molecule has 9 nitrogen and oxygen atoms in total. The molecule has 1 saturated heterocycles. The van der Waals surface area contributed by atoms with Gasteiger partial charge in [0.05, 0.1) is 16.4 Å². The van der Waals surface area contributed by atoms with Crippen LogP contribution in [-0.2, 0) is 32.2 Å².